The molecule has 0 spiro atoms. The van der Waals surface area contributed by atoms with Crippen LogP contribution in [0.2, 0.25) is 0 Å². The minimum Gasteiger partial charge on any atom is -0.554 e. The molecule has 0 radical (unpaired) electrons. The van der Waals surface area contributed by atoms with Crippen LogP contribution in [0.1, 0.15) is 0 Å². The monoisotopic (exact) mass is 1480 g/mol. The first-order chi connectivity index (χ1) is 28.3. The molecule has 0 aliphatic heterocycles. The standard InChI is InChI=1S/20CH2O2.10Ni/c20*2-1-3;;;;;;;;;;/h20*1H,(H,2,3);;;;;;;;;;/q;;;;;;;;;;;;;;;;;;;;10*+2/p-20. The summed E-state index contributed by atoms with van der Waals surface area (Å²) in [5, 5.41) is 165. The zero-order valence-electron chi connectivity index (χ0n) is 31.0. The van der Waals surface area contributed by atoms with E-state index in [1.807, 2.05) is 0 Å². The number of rotatable bonds is 0. The molecule has 0 aromatic rings. The second-order valence-electron chi connectivity index (χ2n) is 1.92. The quantitative estimate of drug-likeness (QED) is 0.160. The number of hydrogen-bond donors (Lipinski definition) is 0. The smallest absolute Gasteiger partial charge is 0.554 e. The van der Waals surface area contributed by atoms with Gasteiger partial charge in [-0.1, -0.05) is 0 Å². The van der Waals surface area contributed by atoms with Gasteiger partial charge in [-0.15, -0.1) is 0 Å². The molecule has 0 atom stereocenters. The predicted octanol–water partition coefficient (Wildman–Crippen LogP) is -32.7. The predicted molar refractivity (Wildman–Crippen MR) is 121 cm³/mol. The molecule has 0 aromatic heterocycles. The van der Waals surface area contributed by atoms with Gasteiger partial charge in [0.25, 0.3) is 0 Å². The van der Waals surface area contributed by atoms with Crippen LogP contribution >= 0.6 is 0 Å². The topological polar surface area (TPSA) is 803 Å². The third kappa shape index (κ3) is 7310. The summed E-state index contributed by atoms with van der Waals surface area (Å²) in [5.74, 6) is 0. The Morgan fingerprint density at radius 1 is 0.100 bits per heavy atom. The number of carboxylic acid groups (broad SMARTS) is 20. The maximum absolute atomic E-state index is 8.25. The minimum atomic E-state index is -0.500. The Bertz CT molecular complexity index is 506. The van der Waals surface area contributed by atoms with Crippen LogP contribution in [0.15, 0.2) is 0 Å². The molecule has 0 saturated heterocycles. The van der Waals surface area contributed by atoms with E-state index in [9.17, 15) is 0 Å². The molecule has 0 rings (SSSR count). The average Bonchev–Trinajstić information content (AvgIpc) is 3.12. The van der Waals surface area contributed by atoms with Crippen LogP contribution < -0.4 is 102 Å². The molecule has 0 unspecified atom stereocenters. The van der Waals surface area contributed by atoms with Crippen LogP contribution in [0.5, 0.6) is 0 Å². The molecule has 40 nitrogen and oxygen atoms in total. The van der Waals surface area contributed by atoms with Crippen LogP contribution in [-0.2, 0) is 261 Å². The van der Waals surface area contributed by atoms with Gasteiger partial charge in [0.2, 0.25) is 0 Å². The molecular formula is C20H20Ni10O40. The molecule has 0 N–H and O–H groups in total. The normalized spacial score (nSPS) is 3.43. The van der Waals surface area contributed by atoms with E-state index in [-0.39, 0.29) is 165 Å². The van der Waals surface area contributed by atoms with Gasteiger partial charge in [-0.2, -0.15) is 0 Å². The molecule has 70 heavy (non-hydrogen) atoms. The van der Waals surface area contributed by atoms with E-state index < -0.39 is 129 Å². The first-order valence-electron chi connectivity index (χ1n) is 9.43. The van der Waals surface area contributed by atoms with Crippen molar-refractivity contribution in [3.63, 3.8) is 0 Å². The van der Waals surface area contributed by atoms with Crippen molar-refractivity contribution in [2.45, 2.75) is 0 Å². The average molecular weight is 1490 g/mol. The van der Waals surface area contributed by atoms with E-state index in [4.69, 9.17) is 198 Å². The molecule has 0 bridgehead atoms. The zero-order valence-corrected chi connectivity index (χ0v) is 40.9. The fourth-order valence-corrected chi connectivity index (χ4v) is 0. The summed E-state index contributed by atoms with van der Waals surface area (Å²) < 4.78 is 0. The Morgan fingerprint density at radius 3 is 0.100 bits per heavy atom. The summed E-state index contributed by atoms with van der Waals surface area (Å²) in [6, 6.07) is 0. The van der Waals surface area contributed by atoms with Gasteiger partial charge >= 0.3 is 165 Å². The van der Waals surface area contributed by atoms with Crippen LogP contribution in [0, 0.1) is 0 Å². The maximum atomic E-state index is 8.25. The van der Waals surface area contributed by atoms with Crippen molar-refractivity contribution in [1.29, 1.82) is 0 Å². The fourth-order valence-electron chi connectivity index (χ4n) is 0. The summed E-state index contributed by atoms with van der Waals surface area (Å²) in [7, 11) is 0. The molecule has 440 valence electrons. The summed E-state index contributed by atoms with van der Waals surface area (Å²) in [5.41, 5.74) is 0. The molecule has 0 aliphatic rings. The van der Waals surface area contributed by atoms with Gasteiger partial charge in [0.1, 0.15) is 0 Å². The van der Waals surface area contributed by atoms with E-state index in [0.717, 1.165) is 0 Å². The minimum absolute atomic E-state index is 0. The van der Waals surface area contributed by atoms with E-state index in [0.29, 0.717) is 0 Å². The van der Waals surface area contributed by atoms with Crippen molar-refractivity contribution in [3.05, 3.63) is 0 Å². The summed E-state index contributed by atoms with van der Waals surface area (Å²) in [6.45, 7) is -10.0. The van der Waals surface area contributed by atoms with E-state index >= 15 is 0 Å². The van der Waals surface area contributed by atoms with Gasteiger partial charge in [-0.25, -0.2) is 0 Å². The number of carbonyl (C=O) groups excluding carboxylic acids is 20. The SMILES string of the molecule is O=C[O-].O=C[O-].O=C[O-].O=C[O-].O=C[O-].O=C[O-].O=C[O-].O=C[O-].O=C[O-].O=C[O-].O=C[O-].O=C[O-].O=C[O-].O=C[O-].O=C[O-].O=C[O-].O=C[O-].O=C[O-].O=C[O-].O=C[O-].[Ni+2].[Ni+2].[Ni+2].[Ni+2].[Ni+2].[Ni+2].[Ni+2].[Ni+2].[Ni+2].[Ni+2]. The summed E-state index contributed by atoms with van der Waals surface area (Å²) in [6.07, 6.45) is 0. The number of hydrogen-bond acceptors (Lipinski definition) is 40. The molecule has 0 saturated carbocycles. The van der Waals surface area contributed by atoms with Gasteiger partial charge in [0, 0.05) is 129 Å². The number of carbonyl (C=O) groups is 20. The Labute approximate surface area is 488 Å². The first kappa shape index (κ1) is 219. The van der Waals surface area contributed by atoms with Crippen molar-refractivity contribution in [2.75, 3.05) is 0 Å². The third-order valence-electron chi connectivity index (χ3n) is 0. The summed E-state index contributed by atoms with van der Waals surface area (Å²) >= 11 is 0. The molecular weight excluding hydrogens is 1470 g/mol. The van der Waals surface area contributed by atoms with Crippen LogP contribution in [0.25, 0.3) is 0 Å². The second-order valence-corrected chi connectivity index (χ2v) is 1.92. The van der Waals surface area contributed by atoms with E-state index in [1.54, 1.807) is 0 Å². The summed E-state index contributed by atoms with van der Waals surface area (Å²) in [4.78, 5) is 165. The Balaban J connectivity index is -0.00000000853. The third-order valence-corrected chi connectivity index (χ3v) is 0. The van der Waals surface area contributed by atoms with Gasteiger partial charge in [0.15, 0.2) is 0 Å². The van der Waals surface area contributed by atoms with Crippen molar-refractivity contribution in [2.24, 2.45) is 0 Å². The van der Waals surface area contributed by atoms with E-state index in [1.165, 1.54) is 0 Å². The van der Waals surface area contributed by atoms with Crippen molar-refractivity contribution in [1.82, 2.24) is 0 Å². The fraction of sp³-hybridized carbons (Fsp3) is 0. The van der Waals surface area contributed by atoms with Crippen LogP contribution in [-0.4, -0.2) is 129 Å². The molecule has 0 aromatic carbocycles. The van der Waals surface area contributed by atoms with E-state index in [2.05, 4.69) is 0 Å². The van der Waals surface area contributed by atoms with Gasteiger partial charge in [-0.05, 0) is 0 Å². The molecule has 0 amide bonds. The molecule has 50 heteroatoms. The first-order valence-corrected chi connectivity index (χ1v) is 9.43. The van der Waals surface area contributed by atoms with Gasteiger partial charge in [0.05, 0.1) is 0 Å². The zero-order chi connectivity index (χ0) is 54.1. The Hall–Kier alpha value is -5.66. The second kappa shape index (κ2) is 1200. The molecule has 0 heterocycles. The van der Waals surface area contributed by atoms with Crippen molar-refractivity contribution < 1.29 is 363 Å². The van der Waals surface area contributed by atoms with Crippen LogP contribution in [0.3, 0.4) is 0 Å². The van der Waals surface area contributed by atoms with Gasteiger partial charge in [-0.3, -0.25) is 0 Å². The Kier molecular flexibility index (Phi) is 3750. The van der Waals surface area contributed by atoms with Crippen molar-refractivity contribution in [3.8, 4) is 0 Å². The van der Waals surface area contributed by atoms with Gasteiger partial charge < -0.3 is 198 Å². The molecule has 0 fully saturated rings. The largest absolute Gasteiger partial charge is 2.00 e. The molecule has 0 aliphatic carbocycles. The maximum Gasteiger partial charge on any atom is 2.00 e. The van der Waals surface area contributed by atoms with Crippen molar-refractivity contribution >= 4 is 129 Å². The Morgan fingerprint density at radius 2 is 0.100 bits per heavy atom. The van der Waals surface area contributed by atoms with Crippen LogP contribution in [0.4, 0.5) is 0 Å².